The van der Waals surface area contributed by atoms with Crippen LogP contribution >= 0.6 is 0 Å². The zero-order valence-electron chi connectivity index (χ0n) is 19.0. The van der Waals surface area contributed by atoms with E-state index < -0.39 is 0 Å². The van der Waals surface area contributed by atoms with Crippen molar-refractivity contribution in [1.29, 1.82) is 0 Å². The van der Waals surface area contributed by atoms with Crippen molar-refractivity contribution in [3.05, 3.63) is 11.6 Å². The van der Waals surface area contributed by atoms with Crippen LogP contribution in [0.2, 0.25) is 0 Å². The summed E-state index contributed by atoms with van der Waals surface area (Å²) in [6.07, 6.45) is 8.40. The Labute approximate surface area is 179 Å². The molecule has 4 aliphatic carbocycles. The lowest BCUT2D eigenvalue weighted by atomic mass is 9.46. The molecule has 4 aliphatic rings. The summed E-state index contributed by atoms with van der Waals surface area (Å²) in [5.41, 5.74) is 1.17. The van der Waals surface area contributed by atoms with Crippen LogP contribution in [0.15, 0.2) is 11.6 Å². The van der Waals surface area contributed by atoms with Crippen LogP contribution < -0.4 is 0 Å². The van der Waals surface area contributed by atoms with Crippen LogP contribution in [0, 0.1) is 34.5 Å². The molecule has 5 heteroatoms. The van der Waals surface area contributed by atoms with E-state index in [-0.39, 0.29) is 40.9 Å². The smallest absolute Gasteiger partial charge is 0.302 e. The Morgan fingerprint density at radius 3 is 2.30 bits per heavy atom. The van der Waals surface area contributed by atoms with Gasteiger partial charge in [-0.2, -0.15) is 0 Å². The van der Waals surface area contributed by atoms with Crippen molar-refractivity contribution in [2.45, 2.75) is 91.8 Å². The van der Waals surface area contributed by atoms with Crippen molar-refractivity contribution < 1.29 is 23.9 Å². The molecule has 0 radical (unpaired) electrons. The van der Waals surface area contributed by atoms with E-state index in [0.717, 1.165) is 38.5 Å². The minimum atomic E-state index is -0.283. The monoisotopic (exact) mass is 416 g/mol. The van der Waals surface area contributed by atoms with E-state index in [1.54, 1.807) is 6.92 Å². The third-order valence-corrected chi connectivity index (χ3v) is 9.26. The lowest BCUT2D eigenvalue weighted by Gasteiger charge is -2.59. The van der Waals surface area contributed by atoms with Gasteiger partial charge >= 0.3 is 11.9 Å². The summed E-state index contributed by atoms with van der Waals surface area (Å²) in [4.78, 5) is 35.9. The number of ketones is 1. The Morgan fingerprint density at radius 1 is 0.967 bits per heavy atom. The molecule has 0 N–H and O–H groups in total. The van der Waals surface area contributed by atoms with E-state index in [1.807, 2.05) is 0 Å². The van der Waals surface area contributed by atoms with Crippen LogP contribution in [0.25, 0.3) is 0 Å². The van der Waals surface area contributed by atoms with E-state index >= 15 is 0 Å². The number of esters is 2. The van der Waals surface area contributed by atoms with Gasteiger partial charge in [0.2, 0.25) is 0 Å². The number of carbonyl (C=O) groups is 3. The molecular formula is C25H36O5. The second-order valence-corrected chi connectivity index (χ2v) is 10.7. The first-order valence-corrected chi connectivity index (χ1v) is 11.6. The van der Waals surface area contributed by atoms with Crippen LogP contribution in [-0.2, 0) is 23.9 Å². The molecule has 166 valence electrons. The Morgan fingerprint density at radius 2 is 1.67 bits per heavy atom. The molecule has 0 bridgehead atoms. The van der Waals surface area contributed by atoms with Gasteiger partial charge in [-0.3, -0.25) is 14.4 Å². The van der Waals surface area contributed by atoms with Gasteiger partial charge in [0.05, 0.1) is 0 Å². The molecule has 3 fully saturated rings. The molecule has 5 nitrogen and oxygen atoms in total. The van der Waals surface area contributed by atoms with Gasteiger partial charge in [-0.1, -0.05) is 25.5 Å². The number of allylic oxidation sites excluding steroid dienone is 1. The summed E-state index contributed by atoms with van der Waals surface area (Å²) >= 11 is 0. The van der Waals surface area contributed by atoms with Gasteiger partial charge in [-0.05, 0) is 62.2 Å². The van der Waals surface area contributed by atoms with Gasteiger partial charge in [-0.15, -0.1) is 0 Å². The fraction of sp³-hybridized carbons (Fsp3) is 0.800. The van der Waals surface area contributed by atoms with Crippen LogP contribution in [0.5, 0.6) is 0 Å². The molecular weight excluding hydrogens is 380 g/mol. The van der Waals surface area contributed by atoms with Gasteiger partial charge < -0.3 is 9.47 Å². The van der Waals surface area contributed by atoms with Crippen LogP contribution in [-0.4, -0.2) is 29.9 Å². The molecule has 0 aromatic carbocycles. The standard InChI is InChI=1S/C25H36O5/c1-14(26)20-8-9-21-19-7-6-17-12-18(29-15(2)27)13-23(30-16(3)28)25(17,5)22(19)10-11-24(20,21)4/h6,18-23H,7-13H2,1-5H3/t18-,19-,20+,21-,22-,23-,24+,25-/m0/s1. The molecule has 0 amide bonds. The van der Waals surface area contributed by atoms with Crippen molar-refractivity contribution in [2.75, 3.05) is 0 Å². The maximum atomic E-state index is 12.3. The van der Waals surface area contributed by atoms with E-state index in [0.29, 0.717) is 30.0 Å². The number of hydrogen-bond acceptors (Lipinski definition) is 5. The van der Waals surface area contributed by atoms with E-state index in [1.165, 1.54) is 19.4 Å². The Kier molecular flexibility index (Phi) is 5.39. The highest BCUT2D eigenvalue weighted by Gasteiger charge is 2.62. The Hall–Kier alpha value is -1.65. The molecule has 0 saturated heterocycles. The number of fused-ring (bicyclic) bond motifs is 5. The van der Waals surface area contributed by atoms with Gasteiger partial charge in [0.15, 0.2) is 0 Å². The molecule has 0 heterocycles. The van der Waals surface area contributed by atoms with Gasteiger partial charge in [0, 0.05) is 38.0 Å². The maximum Gasteiger partial charge on any atom is 0.302 e. The zero-order chi connectivity index (χ0) is 21.8. The number of rotatable bonds is 3. The normalized spacial score (nSPS) is 44.8. The van der Waals surface area contributed by atoms with Gasteiger partial charge in [-0.25, -0.2) is 0 Å². The summed E-state index contributed by atoms with van der Waals surface area (Å²) in [6.45, 7) is 9.28. The second-order valence-electron chi connectivity index (χ2n) is 10.7. The Bertz CT molecular complexity index is 784. The maximum absolute atomic E-state index is 12.3. The highest BCUT2D eigenvalue weighted by molar-refractivity contribution is 5.79. The summed E-state index contributed by atoms with van der Waals surface area (Å²) in [5, 5.41) is 0. The number of carbonyl (C=O) groups excluding carboxylic acids is 3. The van der Waals surface area contributed by atoms with E-state index in [4.69, 9.17) is 9.47 Å². The SMILES string of the molecule is CC(=O)O[C@H]1CC2=CC[C@H]3[C@@H]4CC[C@H](C(C)=O)[C@@]4(C)CC[C@@H]3[C@@]2(C)[C@@H](OC(C)=O)C1. The van der Waals surface area contributed by atoms with Crippen LogP contribution in [0.4, 0.5) is 0 Å². The molecule has 8 atom stereocenters. The lowest BCUT2D eigenvalue weighted by Crippen LogP contribution is -2.57. The van der Waals surface area contributed by atoms with Crippen molar-refractivity contribution in [2.24, 2.45) is 34.5 Å². The summed E-state index contributed by atoms with van der Waals surface area (Å²) in [5.74, 6) is 1.47. The van der Waals surface area contributed by atoms with E-state index in [9.17, 15) is 14.4 Å². The summed E-state index contributed by atoms with van der Waals surface area (Å²) < 4.78 is 11.4. The first-order chi connectivity index (χ1) is 14.1. The predicted molar refractivity (Wildman–Crippen MR) is 112 cm³/mol. The number of ether oxygens (including phenoxy) is 2. The average Bonchev–Trinajstić information content (AvgIpc) is 2.99. The van der Waals surface area contributed by atoms with Crippen LogP contribution in [0.3, 0.4) is 0 Å². The van der Waals surface area contributed by atoms with Crippen molar-refractivity contribution in [1.82, 2.24) is 0 Å². The summed E-state index contributed by atoms with van der Waals surface area (Å²) in [6, 6.07) is 0. The van der Waals surface area contributed by atoms with Crippen LogP contribution in [0.1, 0.15) is 79.6 Å². The molecule has 0 aliphatic heterocycles. The minimum Gasteiger partial charge on any atom is -0.462 e. The topological polar surface area (TPSA) is 69.7 Å². The van der Waals surface area contributed by atoms with Crippen molar-refractivity contribution in [3.63, 3.8) is 0 Å². The van der Waals surface area contributed by atoms with E-state index in [2.05, 4.69) is 19.9 Å². The first-order valence-electron chi connectivity index (χ1n) is 11.6. The highest BCUT2D eigenvalue weighted by Crippen LogP contribution is 2.66. The Balaban J connectivity index is 1.68. The fourth-order valence-electron chi connectivity index (χ4n) is 8.02. The van der Waals surface area contributed by atoms with Crippen molar-refractivity contribution in [3.8, 4) is 0 Å². The van der Waals surface area contributed by atoms with Gasteiger partial charge in [0.1, 0.15) is 18.0 Å². The fourth-order valence-corrected chi connectivity index (χ4v) is 8.02. The molecule has 3 saturated carbocycles. The lowest BCUT2D eigenvalue weighted by molar-refractivity contribution is -0.172. The molecule has 0 spiro atoms. The summed E-state index contributed by atoms with van der Waals surface area (Å²) in [7, 11) is 0. The molecule has 0 aromatic heterocycles. The molecule has 0 unspecified atom stereocenters. The first kappa shape index (κ1) is 21.6. The third kappa shape index (κ3) is 3.23. The van der Waals surface area contributed by atoms with Gasteiger partial charge in [0.25, 0.3) is 0 Å². The molecule has 4 rings (SSSR count). The number of Topliss-reactive ketones (excluding diaryl/α,β-unsaturated/α-hetero) is 1. The average molecular weight is 417 g/mol. The second kappa shape index (κ2) is 7.49. The third-order valence-electron chi connectivity index (χ3n) is 9.26. The predicted octanol–water partition coefficient (Wildman–Crippen LogP) is 4.63. The van der Waals surface area contributed by atoms with Crippen molar-refractivity contribution >= 4 is 17.7 Å². The quantitative estimate of drug-likeness (QED) is 0.496. The largest absolute Gasteiger partial charge is 0.462 e. The number of hydrogen-bond donors (Lipinski definition) is 0. The highest BCUT2D eigenvalue weighted by atomic mass is 16.6. The molecule has 30 heavy (non-hydrogen) atoms. The molecule has 0 aromatic rings. The zero-order valence-corrected chi connectivity index (χ0v) is 19.0. The minimum absolute atomic E-state index is 0.0978.